The molecule has 2 rings (SSSR count). The zero-order valence-corrected chi connectivity index (χ0v) is 9.00. The van der Waals surface area contributed by atoms with Crippen molar-refractivity contribution in [2.45, 2.75) is 12.5 Å². The monoisotopic (exact) mass is 231 g/mol. The minimum atomic E-state index is -0.144. The van der Waals surface area contributed by atoms with E-state index in [0.29, 0.717) is 6.42 Å². The van der Waals surface area contributed by atoms with Gasteiger partial charge < -0.3 is 20.3 Å². The molecule has 1 aliphatic heterocycles. The Morgan fingerprint density at radius 3 is 2.80 bits per heavy atom. The van der Waals surface area contributed by atoms with Crippen LogP contribution in [-0.2, 0) is 0 Å². The second kappa shape index (κ2) is 5.21. The Labute approximate surface area is 94.4 Å². The molecule has 1 aromatic rings. The normalized spacial score (nSPS) is 14.5. The molecule has 1 aromatic carbocycles. The third-order valence-electron chi connectivity index (χ3n) is 2.26. The van der Waals surface area contributed by atoms with Crippen LogP contribution in [0.15, 0.2) is 18.2 Å². The molecule has 4 nitrogen and oxygen atoms in total. The molecule has 0 fully saturated rings. The van der Waals surface area contributed by atoms with E-state index < -0.39 is 0 Å². The number of aliphatic hydroxyl groups is 1. The van der Waals surface area contributed by atoms with Crippen LogP contribution < -0.4 is 15.2 Å². The van der Waals surface area contributed by atoms with Crippen LogP contribution in [0, 0.1) is 0 Å². The molecule has 0 spiro atoms. The van der Waals surface area contributed by atoms with Crippen molar-refractivity contribution in [3.8, 4) is 11.5 Å². The number of aliphatic hydroxyl groups excluding tert-OH is 1. The highest BCUT2D eigenvalue weighted by molar-refractivity contribution is 5.85. The fourth-order valence-electron chi connectivity index (χ4n) is 1.45. The van der Waals surface area contributed by atoms with Crippen molar-refractivity contribution in [1.82, 2.24) is 0 Å². The second-order valence-corrected chi connectivity index (χ2v) is 3.23. The molecule has 0 amide bonds. The van der Waals surface area contributed by atoms with Crippen LogP contribution in [0.5, 0.6) is 11.5 Å². The van der Waals surface area contributed by atoms with Crippen molar-refractivity contribution in [1.29, 1.82) is 0 Å². The average Bonchev–Trinajstić information content (AvgIpc) is 2.64. The van der Waals surface area contributed by atoms with E-state index in [1.807, 2.05) is 18.2 Å². The third-order valence-corrected chi connectivity index (χ3v) is 2.26. The summed E-state index contributed by atoms with van der Waals surface area (Å²) >= 11 is 0. The molecular formula is C10H14ClNO3. The Morgan fingerprint density at radius 2 is 2.07 bits per heavy atom. The largest absolute Gasteiger partial charge is 0.454 e. The van der Waals surface area contributed by atoms with Gasteiger partial charge in [0.1, 0.15) is 0 Å². The molecule has 0 bridgehead atoms. The maximum Gasteiger partial charge on any atom is 0.231 e. The van der Waals surface area contributed by atoms with E-state index in [1.54, 1.807) is 0 Å². The molecule has 15 heavy (non-hydrogen) atoms. The van der Waals surface area contributed by atoms with Crippen molar-refractivity contribution in [2.24, 2.45) is 5.73 Å². The van der Waals surface area contributed by atoms with Crippen LogP contribution in [0.3, 0.4) is 0 Å². The number of fused-ring (bicyclic) bond motifs is 1. The van der Waals surface area contributed by atoms with Crippen molar-refractivity contribution in [3.63, 3.8) is 0 Å². The summed E-state index contributed by atoms with van der Waals surface area (Å²) in [5.41, 5.74) is 6.80. The summed E-state index contributed by atoms with van der Waals surface area (Å²) in [6.45, 7) is 0.365. The van der Waals surface area contributed by atoms with Crippen molar-refractivity contribution < 1.29 is 14.6 Å². The summed E-state index contributed by atoms with van der Waals surface area (Å²) in [6, 6.07) is 5.46. The predicted molar refractivity (Wildman–Crippen MR) is 58.4 cm³/mol. The van der Waals surface area contributed by atoms with Crippen LogP contribution >= 0.6 is 12.4 Å². The molecule has 0 saturated carbocycles. The Kier molecular flexibility index (Phi) is 4.20. The fourth-order valence-corrected chi connectivity index (χ4v) is 1.45. The van der Waals surface area contributed by atoms with Gasteiger partial charge in [-0.15, -0.1) is 12.4 Å². The predicted octanol–water partition coefficient (Wildman–Crippen LogP) is 1.22. The van der Waals surface area contributed by atoms with E-state index in [1.165, 1.54) is 0 Å². The second-order valence-electron chi connectivity index (χ2n) is 3.23. The van der Waals surface area contributed by atoms with Crippen LogP contribution in [0.25, 0.3) is 0 Å². The highest BCUT2D eigenvalue weighted by Crippen LogP contribution is 2.34. The van der Waals surface area contributed by atoms with Crippen molar-refractivity contribution in [3.05, 3.63) is 23.8 Å². The minimum Gasteiger partial charge on any atom is -0.454 e. The first-order valence-electron chi connectivity index (χ1n) is 4.57. The third kappa shape index (κ3) is 2.53. The van der Waals surface area contributed by atoms with Gasteiger partial charge in [0, 0.05) is 12.6 Å². The van der Waals surface area contributed by atoms with E-state index in [2.05, 4.69) is 0 Å². The number of rotatable bonds is 3. The topological polar surface area (TPSA) is 64.7 Å². The van der Waals surface area contributed by atoms with E-state index >= 15 is 0 Å². The molecule has 3 N–H and O–H groups in total. The zero-order chi connectivity index (χ0) is 9.97. The molecule has 5 heteroatoms. The number of hydrogen-bond donors (Lipinski definition) is 2. The summed E-state index contributed by atoms with van der Waals surface area (Å²) in [7, 11) is 0. The quantitative estimate of drug-likeness (QED) is 0.821. The summed E-state index contributed by atoms with van der Waals surface area (Å²) < 4.78 is 10.4. The molecule has 1 atom stereocenters. The first kappa shape index (κ1) is 12.1. The van der Waals surface area contributed by atoms with E-state index in [4.69, 9.17) is 20.3 Å². The van der Waals surface area contributed by atoms with Gasteiger partial charge in [-0.2, -0.15) is 0 Å². The molecule has 0 radical (unpaired) electrons. The average molecular weight is 232 g/mol. The lowest BCUT2D eigenvalue weighted by Gasteiger charge is -2.10. The lowest BCUT2D eigenvalue weighted by Crippen LogP contribution is -2.11. The first-order chi connectivity index (χ1) is 6.81. The highest BCUT2D eigenvalue weighted by atomic mass is 35.5. The van der Waals surface area contributed by atoms with E-state index in [9.17, 15) is 0 Å². The minimum absolute atomic E-state index is 0. The van der Waals surface area contributed by atoms with Crippen LogP contribution in [0.2, 0.25) is 0 Å². The van der Waals surface area contributed by atoms with Crippen LogP contribution in [0.1, 0.15) is 18.0 Å². The summed E-state index contributed by atoms with van der Waals surface area (Å²) in [5, 5.41) is 8.76. The Bertz CT molecular complexity index is 332. The molecule has 1 heterocycles. The smallest absolute Gasteiger partial charge is 0.231 e. The van der Waals surface area contributed by atoms with Gasteiger partial charge in [-0.05, 0) is 24.1 Å². The first-order valence-corrected chi connectivity index (χ1v) is 4.57. The Morgan fingerprint density at radius 1 is 1.33 bits per heavy atom. The molecule has 0 unspecified atom stereocenters. The van der Waals surface area contributed by atoms with Gasteiger partial charge in [0.05, 0.1) is 0 Å². The van der Waals surface area contributed by atoms with Gasteiger partial charge in [0.15, 0.2) is 11.5 Å². The number of hydrogen-bond acceptors (Lipinski definition) is 4. The van der Waals surface area contributed by atoms with Gasteiger partial charge in [-0.3, -0.25) is 0 Å². The Balaban J connectivity index is 0.00000112. The van der Waals surface area contributed by atoms with Gasteiger partial charge in [0.2, 0.25) is 6.79 Å². The molecule has 0 aliphatic carbocycles. The molecule has 84 valence electrons. The zero-order valence-electron chi connectivity index (χ0n) is 8.18. The molecular weight excluding hydrogens is 218 g/mol. The van der Waals surface area contributed by atoms with Crippen LogP contribution in [-0.4, -0.2) is 18.5 Å². The standard InChI is InChI=1S/C10H13NO3.ClH/c11-8(3-4-12)7-1-2-9-10(5-7)14-6-13-9;/h1-2,5,8,12H,3-4,6,11H2;1H/t8-;/m1./s1. The number of nitrogens with two attached hydrogens (primary N) is 1. The molecule has 1 aliphatic rings. The van der Waals surface area contributed by atoms with Crippen molar-refractivity contribution in [2.75, 3.05) is 13.4 Å². The lowest BCUT2D eigenvalue weighted by atomic mass is 10.0. The van der Waals surface area contributed by atoms with E-state index in [0.717, 1.165) is 17.1 Å². The van der Waals surface area contributed by atoms with Gasteiger partial charge >= 0.3 is 0 Å². The summed E-state index contributed by atoms with van der Waals surface area (Å²) in [5.74, 6) is 1.49. The van der Waals surface area contributed by atoms with E-state index in [-0.39, 0.29) is 31.8 Å². The summed E-state index contributed by atoms with van der Waals surface area (Å²) in [6.07, 6.45) is 0.555. The maximum absolute atomic E-state index is 8.76. The summed E-state index contributed by atoms with van der Waals surface area (Å²) in [4.78, 5) is 0. The number of benzene rings is 1. The van der Waals surface area contributed by atoms with Gasteiger partial charge in [-0.25, -0.2) is 0 Å². The van der Waals surface area contributed by atoms with Crippen LogP contribution in [0.4, 0.5) is 0 Å². The highest BCUT2D eigenvalue weighted by Gasteiger charge is 2.15. The SMILES string of the molecule is Cl.N[C@H](CCO)c1ccc2c(c1)OCO2. The lowest BCUT2D eigenvalue weighted by molar-refractivity contribution is 0.174. The van der Waals surface area contributed by atoms with Crippen molar-refractivity contribution >= 4 is 12.4 Å². The Hall–Kier alpha value is -0.970. The molecule has 0 saturated heterocycles. The van der Waals surface area contributed by atoms with Gasteiger partial charge in [-0.1, -0.05) is 6.07 Å². The number of halogens is 1. The van der Waals surface area contributed by atoms with Gasteiger partial charge in [0.25, 0.3) is 0 Å². The maximum atomic E-state index is 8.76. The number of ether oxygens (including phenoxy) is 2. The fraction of sp³-hybridized carbons (Fsp3) is 0.400. The molecule has 0 aromatic heterocycles.